The van der Waals surface area contributed by atoms with Crippen LogP contribution < -0.4 is 5.69 Å². The van der Waals surface area contributed by atoms with Gasteiger partial charge in [0.1, 0.15) is 5.82 Å². The van der Waals surface area contributed by atoms with E-state index in [0.29, 0.717) is 21.6 Å². The van der Waals surface area contributed by atoms with Crippen molar-refractivity contribution in [2.24, 2.45) is 0 Å². The largest absolute Gasteiger partial charge is 0.433 e. The van der Waals surface area contributed by atoms with E-state index in [1.54, 1.807) is 12.1 Å². The molecular formula is C11H6BrFN2O2. The van der Waals surface area contributed by atoms with Crippen LogP contribution in [0.3, 0.4) is 0 Å². The number of nitrogens with zero attached hydrogens (tertiary/aromatic N) is 1. The monoisotopic (exact) mass is 296 g/mol. The maximum Gasteiger partial charge on any atom is 0.333 e. The zero-order chi connectivity index (χ0) is 12.0. The molecule has 0 atom stereocenters. The summed E-state index contributed by atoms with van der Waals surface area (Å²) in [6.45, 7) is 0. The molecule has 0 aliphatic carbocycles. The molecule has 0 radical (unpaired) electrons. The van der Waals surface area contributed by atoms with Crippen LogP contribution in [0.4, 0.5) is 4.39 Å². The van der Waals surface area contributed by atoms with Crippen molar-refractivity contribution >= 4 is 27.0 Å². The lowest BCUT2D eigenvalue weighted by atomic mass is 10.3. The summed E-state index contributed by atoms with van der Waals surface area (Å²) in [5, 5.41) is 0. The number of furan rings is 1. The summed E-state index contributed by atoms with van der Waals surface area (Å²) in [5.41, 5.74) is 0.633. The Hall–Kier alpha value is -1.82. The first kappa shape index (κ1) is 10.3. The van der Waals surface area contributed by atoms with Crippen molar-refractivity contribution in [1.29, 1.82) is 0 Å². The Labute approximate surface area is 103 Å². The van der Waals surface area contributed by atoms with E-state index in [2.05, 4.69) is 20.9 Å². The van der Waals surface area contributed by atoms with Crippen LogP contribution in [0.15, 0.2) is 44.2 Å². The fourth-order valence-corrected chi connectivity index (χ4v) is 2.03. The molecule has 6 heteroatoms. The minimum Gasteiger partial charge on any atom is -0.433 e. The number of aromatic nitrogens is 2. The minimum atomic E-state index is -0.397. The third kappa shape index (κ3) is 1.61. The zero-order valence-corrected chi connectivity index (χ0v) is 9.99. The van der Waals surface area contributed by atoms with Gasteiger partial charge < -0.3 is 9.40 Å². The molecule has 17 heavy (non-hydrogen) atoms. The molecule has 86 valence electrons. The predicted molar refractivity (Wildman–Crippen MR) is 63.8 cm³/mol. The highest BCUT2D eigenvalue weighted by molar-refractivity contribution is 9.10. The van der Waals surface area contributed by atoms with Crippen molar-refractivity contribution in [1.82, 2.24) is 9.55 Å². The molecule has 0 unspecified atom stereocenters. The van der Waals surface area contributed by atoms with Crippen LogP contribution in [-0.2, 0) is 0 Å². The number of benzene rings is 1. The number of halogens is 2. The van der Waals surface area contributed by atoms with E-state index in [-0.39, 0.29) is 5.69 Å². The second-order valence-corrected chi connectivity index (χ2v) is 4.29. The number of hydrogen-bond acceptors (Lipinski definition) is 2. The van der Waals surface area contributed by atoms with Crippen LogP contribution in [0.25, 0.3) is 16.9 Å². The Morgan fingerprint density at radius 1 is 1.29 bits per heavy atom. The topological polar surface area (TPSA) is 50.9 Å². The van der Waals surface area contributed by atoms with Gasteiger partial charge in [-0.1, -0.05) is 0 Å². The average molecular weight is 297 g/mol. The summed E-state index contributed by atoms with van der Waals surface area (Å²) >= 11 is 3.17. The van der Waals surface area contributed by atoms with Crippen molar-refractivity contribution in [3.05, 3.63) is 51.3 Å². The smallest absolute Gasteiger partial charge is 0.333 e. The Kier molecular flexibility index (Phi) is 2.19. The van der Waals surface area contributed by atoms with Crippen LogP contribution in [0.2, 0.25) is 0 Å². The SMILES string of the molecule is O=c1[nH]c2cc(F)ccc2n1-c1ccc(Br)o1. The molecule has 1 aromatic carbocycles. The molecule has 0 saturated carbocycles. The number of aromatic amines is 1. The molecule has 3 rings (SSSR count). The summed E-state index contributed by atoms with van der Waals surface area (Å²) in [6.07, 6.45) is 0. The van der Waals surface area contributed by atoms with Gasteiger partial charge in [0, 0.05) is 6.07 Å². The number of imidazole rings is 1. The van der Waals surface area contributed by atoms with E-state index >= 15 is 0 Å². The molecule has 0 amide bonds. The van der Waals surface area contributed by atoms with Gasteiger partial charge in [0.05, 0.1) is 11.0 Å². The fourth-order valence-electron chi connectivity index (χ4n) is 1.73. The van der Waals surface area contributed by atoms with Crippen LogP contribution in [0.5, 0.6) is 0 Å². The van der Waals surface area contributed by atoms with Gasteiger partial charge in [0.25, 0.3) is 0 Å². The first-order valence-corrected chi connectivity index (χ1v) is 5.60. The van der Waals surface area contributed by atoms with E-state index in [1.165, 1.54) is 22.8 Å². The van der Waals surface area contributed by atoms with Crippen molar-refractivity contribution in [3.63, 3.8) is 0 Å². The van der Waals surface area contributed by atoms with E-state index in [9.17, 15) is 9.18 Å². The third-order valence-corrected chi connectivity index (χ3v) is 2.85. The standard InChI is InChI=1S/C11H6BrFN2O2/c12-9-3-4-10(17-9)15-8-2-1-6(13)5-7(8)14-11(15)16/h1-5H,(H,14,16). The second-order valence-electron chi connectivity index (χ2n) is 3.50. The predicted octanol–water partition coefficient (Wildman–Crippen LogP) is 2.81. The maximum atomic E-state index is 13.0. The van der Waals surface area contributed by atoms with Crippen LogP contribution in [0, 0.1) is 5.82 Å². The first-order chi connectivity index (χ1) is 8.15. The van der Waals surface area contributed by atoms with Gasteiger partial charge in [0.2, 0.25) is 5.88 Å². The molecule has 2 heterocycles. The van der Waals surface area contributed by atoms with Crippen LogP contribution >= 0.6 is 15.9 Å². The van der Waals surface area contributed by atoms with Crippen LogP contribution in [-0.4, -0.2) is 9.55 Å². The van der Waals surface area contributed by atoms with Crippen molar-refractivity contribution < 1.29 is 8.81 Å². The lowest BCUT2D eigenvalue weighted by Gasteiger charge is -1.97. The van der Waals surface area contributed by atoms with Gasteiger partial charge in [-0.05, 0) is 40.2 Å². The molecule has 4 nitrogen and oxygen atoms in total. The molecule has 1 N–H and O–H groups in total. The van der Waals surface area contributed by atoms with Gasteiger partial charge in [-0.3, -0.25) is 0 Å². The van der Waals surface area contributed by atoms with E-state index in [0.717, 1.165) is 0 Å². The number of fused-ring (bicyclic) bond motifs is 1. The summed E-state index contributed by atoms with van der Waals surface area (Å²) in [4.78, 5) is 14.3. The van der Waals surface area contributed by atoms with Crippen molar-refractivity contribution in [2.75, 3.05) is 0 Å². The Morgan fingerprint density at radius 3 is 2.82 bits per heavy atom. The summed E-state index contributed by atoms with van der Waals surface area (Å²) in [6, 6.07) is 7.43. The molecule has 0 spiro atoms. The molecular weight excluding hydrogens is 291 g/mol. The average Bonchev–Trinajstić information content (AvgIpc) is 2.80. The summed E-state index contributed by atoms with van der Waals surface area (Å²) in [7, 11) is 0. The Bertz CT molecular complexity index is 756. The Morgan fingerprint density at radius 2 is 2.12 bits per heavy atom. The second kappa shape index (κ2) is 3.59. The highest BCUT2D eigenvalue weighted by Gasteiger charge is 2.11. The third-order valence-electron chi connectivity index (χ3n) is 2.42. The Balaban J connectivity index is 2.36. The van der Waals surface area contributed by atoms with Crippen molar-refractivity contribution in [2.45, 2.75) is 0 Å². The van der Waals surface area contributed by atoms with Crippen molar-refractivity contribution in [3.8, 4) is 5.88 Å². The van der Waals surface area contributed by atoms with E-state index in [1.807, 2.05) is 0 Å². The lowest BCUT2D eigenvalue weighted by Crippen LogP contribution is -2.13. The number of H-pyrrole nitrogens is 1. The van der Waals surface area contributed by atoms with Gasteiger partial charge >= 0.3 is 5.69 Å². The highest BCUT2D eigenvalue weighted by atomic mass is 79.9. The minimum absolute atomic E-state index is 0.368. The molecule has 0 aliphatic heterocycles. The summed E-state index contributed by atoms with van der Waals surface area (Å²) in [5.74, 6) is -0.0220. The quantitative estimate of drug-likeness (QED) is 0.751. The molecule has 3 aromatic rings. The fraction of sp³-hybridized carbons (Fsp3) is 0. The zero-order valence-electron chi connectivity index (χ0n) is 8.41. The summed E-state index contributed by atoms with van der Waals surface area (Å²) < 4.78 is 20.2. The molecule has 0 fully saturated rings. The van der Waals surface area contributed by atoms with Gasteiger partial charge in [-0.2, -0.15) is 0 Å². The normalized spacial score (nSPS) is 11.2. The van der Waals surface area contributed by atoms with Gasteiger partial charge in [0.15, 0.2) is 4.67 Å². The van der Waals surface area contributed by atoms with Crippen LogP contribution in [0.1, 0.15) is 0 Å². The highest BCUT2D eigenvalue weighted by Crippen LogP contribution is 2.20. The number of rotatable bonds is 1. The van der Waals surface area contributed by atoms with E-state index in [4.69, 9.17) is 4.42 Å². The molecule has 0 aliphatic rings. The first-order valence-electron chi connectivity index (χ1n) is 4.81. The number of nitrogens with one attached hydrogen (secondary N) is 1. The molecule has 0 saturated heterocycles. The maximum absolute atomic E-state index is 13.0. The molecule has 2 aromatic heterocycles. The molecule has 0 bridgehead atoms. The lowest BCUT2D eigenvalue weighted by molar-refractivity contribution is 0.515. The number of hydrogen-bond donors (Lipinski definition) is 1. The van der Waals surface area contributed by atoms with E-state index < -0.39 is 5.82 Å². The van der Waals surface area contributed by atoms with Gasteiger partial charge in [-0.15, -0.1) is 0 Å². The van der Waals surface area contributed by atoms with Gasteiger partial charge in [-0.25, -0.2) is 13.8 Å².